The van der Waals surface area contributed by atoms with Gasteiger partial charge < -0.3 is 20.5 Å². The second kappa shape index (κ2) is 12.4. The predicted octanol–water partition coefficient (Wildman–Crippen LogP) is 5.44. The summed E-state index contributed by atoms with van der Waals surface area (Å²) in [6, 6.07) is 18.3. The Bertz CT molecular complexity index is 1100. The third-order valence-corrected chi connectivity index (χ3v) is 5.84. The second-order valence-corrected chi connectivity index (χ2v) is 8.33. The maximum absolute atomic E-state index is 14.0. The van der Waals surface area contributed by atoms with Gasteiger partial charge in [-0.05, 0) is 42.3 Å². The van der Waals surface area contributed by atoms with Gasteiger partial charge in [-0.1, -0.05) is 42.5 Å². The van der Waals surface area contributed by atoms with E-state index in [0.717, 1.165) is 11.6 Å². The molecule has 1 aliphatic heterocycles. The number of hydrogen-bond acceptors (Lipinski definition) is 4. The quantitative estimate of drug-likeness (QED) is 0.487. The molecule has 1 aliphatic rings. The van der Waals surface area contributed by atoms with Gasteiger partial charge in [0.25, 0.3) is 0 Å². The maximum Gasteiger partial charge on any atom is 0.410 e. The lowest BCUT2D eigenvalue weighted by Gasteiger charge is -2.36. The Kier molecular flexibility index (Phi) is 9.28. The molecule has 1 heterocycles. The molecule has 0 radical (unpaired) electrons. The van der Waals surface area contributed by atoms with Crippen LogP contribution in [0.25, 0.3) is 11.1 Å². The van der Waals surface area contributed by atoms with Crippen molar-refractivity contribution < 1.29 is 27.8 Å². The van der Waals surface area contributed by atoms with Gasteiger partial charge in [0.2, 0.25) is 0 Å². The van der Waals surface area contributed by atoms with Crippen LogP contribution < -0.4 is 5.73 Å². The van der Waals surface area contributed by atoms with E-state index in [1.807, 2.05) is 19.1 Å². The smallest absolute Gasteiger partial charge is 0.410 e. The SMILES string of the molecule is CC(c1ccc(-c2ccc(F)cc2F)cc1)N1CCC(CC(O)CN)OC1=O.Fc1ccccc1. The molecule has 8 heteroatoms. The summed E-state index contributed by atoms with van der Waals surface area (Å²) in [5, 5.41) is 9.63. The minimum absolute atomic E-state index is 0.134. The minimum Gasteiger partial charge on any atom is -0.446 e. The normalized spacial score (nSPS) is 17.1. The molecular weight excluding hydrogens is 457 g/mol. The molecule has 1 saturated heterocycles. The van der Waals surface area contributed by atoms with E-state index in [0.29, 0.717) is 30.5 Å². The Morgan fingerprint density at radius 1 is 1.03 bits per heavy atom. The van der Waals surface area contributed by atoms with Gasteiger partial charge in [0.15, 0.2) is 0 Å². The fourth-order valence-corrected chi connectivity index (χ4v) is 3.82. The summed E-state index contributed by atoms with van der Waals surface area (Å²) in [4.78, 5) is 14.0. The zero-order valence-corrected chi connectivity index (χ0v) is 19.4. The van der Waals surface area contributed by atoms with Gasteiger partial charge in [-0.3, -0.25) is 0 Å². The highest BCUT2D eigenvalue weighted by Crippen LogP contribution is 2.29. The molecule has 0 spiro atoms. The number of nitrogens with zero attached hydrogens (tertiary/aromatic N) is 1. The zero-order valence-electron chi connectivity index (χ0n) is 19.4. The van der Waals surface area contributed by atoms with Crippen molar-refractivity contribution >= 4 is 6.09 Å². The Balaban J connectivity index is 0.000000420. The van der Waals surface area contributed by atoms with Crippen molar-refractivity contribution in [3.8, 4) is 11.1 Å². The first-order chi connectivity index (χ1) is 16.8. The highest BCUT2D eigenvalue weighted by molar-refractivity contribution is 5.69. The molecular formula is C27H29F3N2O3. The molecule has 0 bridgehead atoms. The number of cyclic esters (lactones) is 1. The molecule has 4 rings (SSSR count). The third-order valence-electron chi connectivity index (χ3n) is 5.84. The van der Waals surface area contributed by atoms with Crippen LogP contribution in [-0.4, -0.2) is 41.4 Å². The molecule has 1 amide bonds. The lowest BCUT2D eigenvalue weighted by atomic mass is 9.99. The Labute approximate surface area is 202 Å². The van der Waals surface area contributed by atoms with Crippen molar-refractivity contribution in [2.75, 3.05) is 13.1 Å². The number of hydrogen-bond donors (Lipinski definition) is 2. The molecule has 5 nitrogen and oxygen atoms in total. The Morgan fingerprint density at radius 2 is 1.71 bits per heavy atom. The van der Waals surface area contributed by atoms with Crippen LogP contribution in [0.4, 0.5) is 18.0 Å². The predicted molar refractivity (Wildman–Crippen MR) is 128 cm³/mol. The molecule has 3 aromatic carbocycles. The number of benzene rings is 3. The number of ether oxygens (including phenoxy) is 1. The highest BCUT2D eigenvalue weighted by atomic mass is 19.1. The summed E-state index contributed by atoms with van der Waals surface area (Å²) in [5.41, 5.74) is 7.23. The molecule has 3 atom stereocenters. The van der Waals surface area contributed by atoms with Crippen LogP contribution in [-0.2, 0) is 4.74 Å². The molecule has 186 valence electrons. The van der Waals surface area contributed by atoms with Crippen molar-refractivity contribution in [3.05, 3.63) is 95.8 Å². The monoisotopic (exact) mass is 486 g/mol. The molecule has 35 heavy (non-hydrogen) atoms. The maximum atomic E-state index is 14.0. The molecule has 3 unspecified atom stereocenters. The summed E-state index contributed by atoms with van der Waals surface area (Å²) in [5.74, 6) is -1.42. The first kappa shape index (κ1) is 26.2. The Morgan fingerprint density at radius 3 is 2.26 bits per heavy atom. The van der Waals surface area contributed by atoms with Crippen molar-refractivity contribution in [2.24, 2.45) is 5.73 Å². The van der Waals surface area contributed by atoms with Crippen LogP contribution in [0.15, 0.2) is 72.8 Å². The lowest BCUT2D eigenvalue weighted by Crippen LogP contribution is -2.44. The van der Waals surface area contributed by atoms with Crippen LogP contribution in [0.2, 0.25) is 0 Å². The van der Waals surface area contributed by atoms with Gasteiger partial charge in [-0.25, -0.2) is 18.0 Å². The molecule has 3 N–H and O–H groups in total. The van der Waals surface area contributed by atoms with Gasteiger partial charge in [0, 0.05) is 37.6 Å². The fraction of sp³-hybridized carbons (Fsp3) is 0.296. The number of aliphatic hydroxyl groups is 1. The van der Waals surface area contributed by atoms with E-state index < -0.39 is 23.8 Å². The number of aliphatic hydroxyl groups excluding tert-OH is 1. The summed E-state index contributed by atoms with van der Waals surface area (Å²) >= 11 is 0. The molecule has 0 aromatic heterocycles. The molecule has 0 saturated carbocycles. The topological polar surface area (TPSA) is 75.8 Å². The summed E-state index contributed by atoms with van der Waals surface area (Å²) in [6.45, 7) is 2.54. The fourth-order valence-electron chi connectivity index (χ4n) is 3.82. The summed E-state index contributed by atoms with van der Waals surface area (Å²) in [7, 11) is 0. The van der Waals surface area contributed by atoms with Crippen LogP contribution in [0.3, 0.4) is 0 Å². The van der Waals surface area contributed by atoms with Crippen molar-refractivity contribution in [2.45, 2.75) is 38.0 Å². The van der Waals surface area contributed by atoms with Gasteiger partial charge in [-0.2, -0.15) is 0 Å². The zero-order chi connectivity index (χ0) is 25.4. The van der Waals surface area contributed by atoms with Crippen molar-refractivity contribution in [1.82, 2.24) is 4.90 Å². The van der Waals surface area contributed by atoms with E-state index >= 15 is 0 Å². The summed E-state index contributed by atoms with van der Waals surface area (Å²) in [6.07, 6.45) is -0.491. The number of halogens is 3. The first-order valence-electron chi connectivity index (χ1n) is 11.4. The third kappa shape index (κ3) is 7.31. The van der Waals surface area contributed by atoms with Gasteiger partial charge in [-0.15, -0.1) is 0 Å². The first-order valence-corrected chi connectivity index (χ1v) is 11.4. The summed E-state index contributed by atoms with van der Waals surface area (Å²) < 4.78 is 44.4. The molecule has 0 aliphatic carbocycles. The standard InChI is InChI=1S/C21H24F2N2O3.C6H5F/c1-13(25-9-8-18(28-21(25)27)11-17(26)12-24)14-2-4-15(5-3-14)19-7-6-16(22)10-20(19)23;7-6-4-2-1-3-5-6/h2-7,10,13,17-18,26H,8-9,11-12,24H2,1H3;1-5H. The number of nitrogens with two attached hydrogens (primary N) is 1. The number of amides is 1. The second-order valence-electron chi connectivity index (χ2n) is 8.33. The molecule has 1 fully saturated rings. The van der Waals surface area contributed by atoms with Gasteiger partial charge in [0.1, 0.15) is 23.6 Å². The van der Waals surface area contributed by atoms with Crippen LogP contribution >= 0.6 is 0 Å². The van der Waals surface area contributed by atoms with Crippen LogP contribution in [0.1, 0.15) is 31.4 Å². The highest BCUT2D eigenvalue weighted by Gasteiger charge is 2.31. The van der Waals surface area contributed by atoms with E-state index in [9.17, 15) is 23.1 Å². The van der Waals surface area contributed by atoms with Crippen molar-refractivity contribution in [1.29, 1.82) is 0 Å². The van der Waals surface area contributed by atoms with Crippen LogP contribution in [0.5, 0.6) is 0 Å². The van der Waals surface area contributed by atoms with E-state index in [1.54, 1.807) is 35.2 Å². The average Bonchev–Trinajstić information content (AvgIpc) is 2.85. The molecule has 3 aromatic rings. The van der Waals surface area contributed by atoms with E-state index in [1.165, 1.54) is 24.3 Å². The average molecular weight is 487 g/mol. The number of rotatable bonds is 6. The number of carbonyl (C=O) groups excluding carboxylic acids is 1. The van der Waals surface area contributed by atoms with E-state index in [-0.39, 0.29) is 24.5 Å². The van der Waals surface area contributed by atoms with Crippen LogP contribution in [0, 0.1) is 17.5 Å². The lowest BCUT2D eigenvalue weighted by molar-refractivity contribution is -0.00717. The van der Waals surface area contributed by atoms with Gasteiger partial charge in [0.05, 0.1) is 12.1 Å². The Hall–Kier alpha value is -3.36. The van der Waals surface area contributed by atoms with Crippen molar-refractivity contribution in [3.63, 3.8) is 0 Å². The largest absolute Gasteiger partial charge is 0.446 e. The van der Waals surface area contributed by atoms with E-state index in [4.69, 9.17) is 10.5 Å². The van der Waals surface area contributed by atoms with E-state index in [2.05, 4.69) is 0 Å². The number of carbonyl (C=O) groups is 1. The van der Waals surface area contributed by atoms with Gasteiger partial charge >= 0.3 is 6.09 Å². The minimum atomic E-state index is -0.679.